The molecule has 0 fully saturated rings. The number of halogens is 1. The number of benzene rings is 1. The normalized spacial score (nSPS) is 11.0. The standard InChI is InChI=1S/C16H13ClN2O2S/c1-2-11-4-6-15(22-11)14(20)8-19-9-18-13-5-3-10(17)7-12(13)16(19)21/h3-7,9H,2,8H2,1H3. The minimum atomic E-state index is -0.256. The highest BCUT2D eigenvalue weighted by Crippen LogP contribution is 2.18. The summed E-state index contributed by atoms with van der Waals surface area (Å²) in [4.78, 5) is 30.7. The number of carbonyl (C=O) groups is 1. The third-order valence-corrected chi connectivity index (χ3v) is 4.89. The molecule has 0 radical (unpaired) electrons. The van der Waals surface area contributed by atoms with Crippen molar-refractivity contribution in [3.8, 4) is 0 Å². The molecule has 0 aliphatic carbocycles. The molecule has 2 aromatic heterocycles. The Hall–Kier alpha value is -1.98. The second kappa shape index (κ2) is 6.02. The number of rotatable bonds is 4. The minimum absolute atomic E-state index is 0.0159. The van der Waals surface area contributed by atoms with Gasteiger partial charge >= 0.3 is 0 Å². The van der Waals surface area contributed by atoms with E-state index in [9.17, 15) is 9.59 Å². The molecule has 0 aliphatic rings. The summed E-state index contributed by atoms with van der Waals surface area (Å²) in [5.41, 5.74) is 0.315. The van der Waals surface area contributed by atoms with Crippen molar-refractivity contribution in [2.45, 2.75) is 19.9 Å². The predicted octanol–water partition coefficient (Wildman–Crippen LogP) is 3.56. The first-order chi connectivity index (χ1) is 10.6. The molecule has 2 heterocycles. The van der Waals surface area contributed by atoms with Gasteiger partial charge in [0, 0.05) is 9.90 Å². The van der Waals surface area contributed by atoms with Crippen LogP contribution in [0.5, 0.6) is 0 Å². The van der Waals surface area contributed by atoms with Crippen LogP contribution >= 0.6 is 22.9 Å². The van der Waals surface area contributed by atoms with E-state index in [1.165, 1.54) is 22.2 Å². The Labute approximate surface area is 136 Å². The lowest BCUT2D eigenvalue weighted by molar-refractivity contribution is 0.0974. The lowest BCUT2D eigenvalue weighted by Gasteiger charge is -2.05. The van der Waals surface area contributed by atoms with Gasteiger partial charge in [0.2, 0.25) is 0 Å². The molecular formula is C16H13ClN2O2S. The summed E-state index contributed by atoms with van der Waals surface area (Å²) < 4.78 is 1.33. The number of nitrogens with zero attached hydrogens (tertiary/aromatic N) is 2. The summed E-state index contributed by atoms with van der Waals surface area (Å²) in [6.45, 7) is 2.03. The summed E-state index contributed by atoms with van der Waals surface area (Å²) in [5, 5.41) is 0.893. The topological polar surface area (TPSA) is 52.0 Å². The fourth-order valence-electron chi connectivity index (χ4n) is 2.19. The van der Waals surface area contributed by atoms with Crippen LogP contribution in [-0.2, 0) is 13.0 Å². The van der Waals surface area contributed by atoms with Crippen molar-refractivity contribution in [2.24, 2.45) is 0 Å². The van der Waals surface area contributed by atoms with E-state index < -0.39 is 0 Å². The molecule has 3 rings (SSSR count). The van der Waals surface area contributed by atoms with Gasteiger partial charge in [-0.2, -0.15) is 0 Å². The maximum Gasteiger partial charge on any atom is 0.261 e. The molecule has 112 valence electrons. The van der Waals surface area contributed by atoms with Gasteiger partial charge in [-0.1, -0.05) is 18.5 Å². The number of carbonyl (C=O) groups excluding carboxylic acids is 1. The van der Waals surface area contributed by atoms with Crippen LogP contribution in [0.1, 0.15) is 21.5 Å². The van der Waals surface area contributed by atoms with Gasteiger partial charge in [-0.05, 0) is 36.8 Å². The molecule has 22 heavy (non-hydrogen) atoms. The van der Waals surface area contributed by atoms with E-state index in [1.807, 2.05) is 19.1 Å². The maximum atomic E-state index is 12.4. The lowest BCUT2D eigenvalue weighted by atomic mass is 10.2. The Morgan fingerprint density at radius 2 is 2.14 bits per heavy atom. The van der Waals surface area contributed by atoms with Crippen molar-refractivity contribution < 1.29 is 4.79 Å². The van der Waals surface area contributed by atoms with Crippen molar-refractivity contribution in [3.05, 3.63) is 61.8 Å². The van der Waals surface area contributed by atoms with Crippen LogP contribution in [-0.4, -0.2) is 15.3 Å². The number of thiophene rings is 1. The van der Waals surface area contributed by atoms with Gasteiger partial charge in [-0.25, -0.2) is 4.98 Å². The summed E-state index contributed by atoms with van der Waals surface area (Å²) in [5.74, 6) is -0.0880. The van der Waals surface area contributed by atoms with Crippen molar-refractivity contribution in [1.82, 2.24) is 9.55 Å². The molecule has 4 nitrogen and oxygen atoms in total. The smallest absolute Gasteiger partial charge is 0.261 e. The fourth-order valence-corrected chi connectivity index (χ4v) is 3.24. The van der Waals surface area contributed by atoms with Gasteiger partial charge in [0.25, 0.3) is 5.56 Å². The van der Waals surface area contributed by atoms with Gasteiger partial charge in [0.15, 0.2) is 5.78 Å². The SMILES string of the molecule is CCc1ccc(C(=O)Cn2cnc3ccc(Cl)cc3c2=O)s1. The van der Waals surface area contributed by atoms with Crippen molar-refractivity contribution in [1.29, 1.82) is 0 Å². The van der Waals surface area contributed by atoms with E-state index in [-0.39, 0.29) is 17.9 Å². The molecule has 0 aliphatic heterocycles. The highest BCUT2D eigenvalue weighted by atomic mass is 35.5. The molecule has 0 saturated heterocycles. The Kier molecular flexibility index (Phi) is 4.09. The molecule has 0 bridgehead atoms. The Bertz CT molecular complexity index is 914. The van der Waals surface area contributed by atoms with Crippen molar-refractivity contribution in [3.63, 3.8) is 0 Å². The Balaban J connectivity index is 1.95. The van der Waals surface area contributed by atoms with Crippen LogP contribution in [0.4, 0.5) is 0 Å². The number of fused-ring (bicyclic) bond motifs is 1. The van der Waals surface area contributed by atoms with Gasteiger partial charge in [0.1, 0.15) is 0 Å². The Morgan fingerprint density at radius 1 is 1.32 bits per heavy atom. The monoisotopic (exact) mass is 332 g/mol. The molecule has 0 N–H and O–H groups in total. The van der Waals surface area contributed by atoms with Crippen molar-refractivity contribution >= 4 is 39.6 Å². The summed E-state index contributed by atoms with van der Waals surface area (Å²) in [6.07, 6.45) is 2.30. The molecule has 0 atom stereocenters. The molecule has 0 unspecified atom stereocenters. The number of hydrogen-bond donors (Lipinski definition) is 0. The molecule has 3 aromatic rings. The van der Waals surface area contributed by atoms with E-state index >= 15 is 0 Å². The van der Waals surface area contributed by atoms with Crippen LogP contribution in [0.15, 0.2) is 41.5 Å². The molecule has 0 amide bonds. The molecule has 0 saturated carbocycles. The predicted molar refractivity (Wildman–Crippen MR) is 89.0 cm³/mol. The van der Waals surface area contributed by atoms with Crippen LogP contribution in [0.2, 0.25) is 5.02 Å². The second-order valence-corrected chi connectivity index (χ2v) is 6.49. The number of aryl methyl sites for hydroxylation is 1. The fraction of sp³-hybridized carbons (Fsp3) is 0.188. The highest BCUT2D eigenvalue weighted by molar-refractivity contribution is 7.14. The van der Waals surface area contributed by atoms with Gasteiger partial charge in [0.05, 0.1) is 28.7 Å². The van der Waals surface area contributed by atoms with Crippen LogP contribution in [0.25, 0.3) is 10.9 Å². The van der Waals surface area contributed by atoms with E-state index in [2.05, 4.69) is 4.98 Å². The Morgan fingerprint density at radius 3 is 2.86 bits per heavy atom. The zero-order valence-electron chi connectivity index (χ0n) is 11.9. The minimum Gasteiger partial charge on any atom is -0.291 e. The quantitative estimate of drug-likeness (QED) is 0.686. The van der Waals surface area contributed by atoms with Crippen LogP contribution < -0.4 is 5.56 Å². The second-order valence-electron chi connectivity index (χ2n) is 4.88. The first kappa shape index (κ1) is 14.9. The number of ketones is 1. The zero-order valence-corrected chi connectivity index (χ0v) is 13.4. The van der Waals surface area contributed by atoms with E-state index in [0.29, 0.717) is 20.8 Å². The molecule has 0 spiro atoms. The first-order valence-electron chi connectivity index (χ1n) is 6.85. The average Bonchev–Trinajstić information content (AvgIpc) is 3.00. The molecular weight excluding hydrogens is 320 g/mol. The first-order valence-corrected chi connectivity index (χ1v) is 8.04. The molecule has 1 aromatic carbocycles. The van der Waals surface area contributed by atoms with Crippen LogP contribution in [0.3, 0.4) is 0 Å². The van der Waals surface area contributed by atoms with E-state index in [0.717, 1.165) is 11.3 Å². The highest BCUT2D eigenvalue weighted by Gasteiger charge is 2.12. The molecule has 6 heteroatoms. The number of aromatic nitrogens is 2. The number of Topliss-reactive ketones (excluding diaryl/α,β-unsaturated/α-hetero) is 1. The van der Waals surface area contributed by atoms with E-state index in [1.54, 1.807) is 18.2 Å². The third-order valence-electron chi connectivity index (χ3n) is 3.38. The summed E-state index contributed by atoms with van der Waals surface area (Å²) in [6, 6.07) is 8.70. The number of hydrogen-bond acceptors (Lipinski definition) is 4. The largest absolute Gasteiger partial charge is 0.291 e. The summed E-state index contributed by atoms with van der Waals surface area (Å²) in [7, 11) is 0. The summed E-state index contributed by atoms with van der Waals surface area (Å²) >= 11 is 7.39. The maximum absolute atomic E-state index is 12.4. The lowest BCUT2D eigenvalue weighted by Crippen LogP contribution is -2.24. The van der Waals surface area contributed by atoms with Gasteiger partial charge < -0.3 is 0 Å². The third kappa shape index (κ3) is 2.82. The zero-order chi connectivity index (χ0) is 15.7. The van der Waals surface area contributed by atoms with Crippen LogP contribution in [0, 0.1) is 0 Å². The van der Waals surface area contributed by atoms with Gasteiger partial charge in [-0.15, -0.1) is 11.3 Å². The van der Waals surface area contributed by atoms with E-state index in [4.69, 9.17) is 11.6 Å². The van der Waals surface area contributed by atoms with Crippen molar-refractivity contribution in [2.75, 3.05) is 0 Å². The average molecular weight is 333 g/mol. The van der Waals surface area contributed by atoms with Gasteiger partial charge in [-0.3, -0.25) is 14.2 Å².